The van der Waals surface area contributed by atoms with E-state index in [0.29, 0.717) is 17.1 Å². The van der Waals surface area contributed by atoms with Gasteiger partial charge in [-0.15, -0.1) is 11.8 Å². The van der Waals surface area contributed by atoms with Crippen LogP contribution >= 0.6 is 11.8 Å². The number of rotatable bonds is 7. The summed E-state index contributed by atoms with van der Waals surface area (Å²) in [7, 11) is 0. The van der Waals surface area contributed by atoms with Crippen LogP contribution in [0.4, 0.5) is 0 Å². The first-order chi connectivity index (χ1) is 8.50. The first kappa shape index (κ1) is 15.5. The average Bonchev–Trinajstić information content (AvgIpc) is 2.30. The molecule has 0 aliphatic rings. The largest absolute Gasteiger partial charge is 0.312 e. The van der Waals surface area contributed by atoms with Crippen LogP contribution in [0.5, 0.6) is 0 Å². The van der Waals surface area contributed by atoms with E-state index in [9.17, 15) is 0 Å². The van der Waals surface area contributed by atoms with E-state index >= 15 is 0 Å². The van der Waals surface area contributed by atoms with Crippen molar-refractivity contribution in [1.82, 2.24) is 10.3 Å². The normalized spacial score (nSPS) is 13.3. The standard InChI is InChI=1S/C15H26N2S/c1-11(2)9-16-10-14-7-6-8-17-15(14)18-13(5)12(3)4/h6-8,11-13,16H,9-10H2,1-5H3. The maximum Gasteiger partial charge on any atom is 0.101 e. The zero-order chi connectivity index (χ0) is 13.5. The van der Waals surface area contributed by atoms with Gasteiger partial charge in [0.25, 0.3) is 0 Å². The van der Waals surface area contributed by atoms with Crippen molar-refractivity contribution in [2.24, 2.45) is 11.8 Å². The molecule has 0 saturated carbocycles. The van der Waals surface area contributed by atoms with E-state index in [-0.39, 0.29) is 0 Å². The third kappa shape index (κ3) is 5.40. The minimum absolute atomic E-state index is 0.601. The Morgan fingerprint density at radius 3 is 2.56 bits per heavy atom. The summed E-state index contributed by atoms with van der Waals surface area (Å²) in [5.74, 6) is 1.36. The summed E-state index contributed by atoms with van der Waals surface area (Å²) in [5, 5.41) is 5.27. The molecule has 0 bridgehead atoms. The lowest BCUT2D eigenvalue weighted by molar-refractivity contribution is 0.548. The molecule has 1 heterocycles. The van der Waals surface area contributed by atoms with E-state index in [1.54, 1.807) is 0 Å². The Bertz CT molecular complexity index is 350. The summed E-state index contributed by atoms with van der Waals surface area (Å²) in [6.07, 6.45) is 1.89. The van der Waals surface area contributed by atoms with Gasteiger partial charge in [0.15, 0.2) is 0 Å². The van der Waals surface area contributed by atoms with Crippen molar-refractivity contribution in [3.8, 4) is 0 Å². The fourth-order valence-electron chi connectivity index (χ4n) is 1.47. The van der Waals surface area contributed by atoms with Crippen LogP contribution < -0.4 is 5.32 Å². The SMILES string of the molecule is CC(C)CNCc1cccnc1SC(C)C(C)C. The van der Waals surface area contributed by atoms with Gasteiger partial charge in [0.05, 0.1) is 0 Å². The molecule has 1 aromatic rings. The molecule has 0 aromatic carbocycles. The Morgan fingerprint density at radius 2 is 1.94 bits per heavy atom. The lowest BCUT2D eigenvalue weighted by Gasteiger charge is -2.17. The summed E-state index contributed by atoms with van der Waals surface area (Å²) in [4.78, 5) is 4.52. The summed E-state index contributed by atoms with van der Waals surface area (Å²) in [5.41, 5.74) is 1.32. The number of aromatic nitrogens is 1. The molecule has 0 amide bonds. The zero-order valence-corrected chi connectivity index (χ0v) is 13.1. The Hall–Kier alpha value is -0.540. The molecule has 2 nitrogen and oxygen atoms in total. The second kappa shape index (κ2) is 7.80. The Balaban J connectivity index is 2.61. The van der Waals surface area contributed by atoms with Gasteiger partial charge in [-0.3, -0.25) is 0 Å². The summed E-state index contributed by atoms with van der Waals surface area (Å²) >= 11 is 1.89. The number of hydrogen-bond acceptors (Lipinski definition) is 3. The van der Waals surface area contributed by atoms with Gasteiger partial charge in [-0.25, -0.2) is 4.98 Å². The molecule has 1 rings (SSSR count). The molecule has 0 saturated heterocycles. The van der Waals surface area contributed by atoms with Crippen molar-refractivity contribution < 1.29 is 0 Å². The average molecular weight is 266 g/mol. The monoisotopic (exact) mass is 266 g/mol. The number of thioether (sulfide) groups is 1. The van der Waals surface area contributed by atoms with Crippen LogP contribution in [0.2, 0.25) is 0 Å². The highest BCUT2D eigenvalue weighted by molar-refractivity contribution is 7.99. The molecule has 0 spiro atoms. The molecular formula is C15H26N2S. The summed E-state index contributed by atoms with van der Waals surface area (Å²) in [6, 6.07) is 4.20. The highest BCUT2D eigenvalue weighted by Gasteiger charge is 2.12. The first-order valence-corrected chi connectivity index (χ1v) is 7.70. The van der Waals surface area contributed by atoms with Gasteiger partial charge in [-0.1, -0.05) is 40.7 Å². The van der Waals surface area contributed by atoms with Crippen LogP contribution in [-0.4, -0.2) is 16.8 Å². The predicted octanol–water partition coefficient (Wildman–Crippen LogP) is 3.96. The van der Waals surface area contributed by atoms with Gasteiger partial charge in [-0.2, -0.15) is 0 Å². The molecule has 1 atom stereocenters. The lowest BCUT2D eigenvalue weighted by Crippen LogP contribution is -2.19. The third-order valence-electron chi connectivity index (χ3n) is 2.95. The van der Waals surface area contributed by atoms with Crippen LogP contribution in [0.1, 0.15) is 40.2 Å². The van der Waals surface area contributed by atoms with Crippen molar-refractivity contribution in [3.05, 3.63) is 23.9 Å². The molecule has 0 aliphatic heterocycles. The molecule has 3 heteroatoms. The Kier molecular flexibility index (Phi) is 6.72. The number of nitrogens with one attached hydrogen (secondary N) is 1. The fourth-order valence-corrected chi connectivity index (χ4v) is 2.51. The molecule has 18 heavy (non-hydrogen) atoms. The Morgan fingerprint density at radius 1 is 1.22 bits per heavy atom. The second-order valence-electron chi connectivity index (χ2n) is 5.56. The van der Waals surface area contributed by atoms with Gasteiger partial charge in [0.1, 0.15) is 5.03 Å². The van der Waals surface area contributed by atoms with E-state index in [1.807, 2.05) is 24.0 Å². The molecule has 0 radical (unpaired) electrons. The predicted molar refractivity (Wildman–Crippen MR) is 80.9 cm³/mol. The van der Waals surface area contributed by atoms with Crippen molar-refractivity contribution in [2.75, 3.05) is 6.54 Å². The van der Waals surface area contributed by atoms with Crippen molar-refractivity contribution in [3.63, 3.8) is 0 Å². The molecule has 102 valence electrons. The van der Waals surface area contributed by atoms with E-state index < -0.39 is 0 Å². The van der Waals surface area contributed by atoms with Crippen LogP contribution in [-0.2, 0) is 6.54 Å². The van der Waals surface area contributed by atoms with E-state index in [0.717, 1.165) is 13.1 Å². The van der Waals surface area contributed by atoms with Crippen molar-refractivity contribution in [2.45, 2.75) is 51.4 Å². The van der Waals surface area contributed by atoms with E-state index in [4.69, 9.17) is 0 Å². The number of hydrogen-bond donors (Lipinski definition) is 1. The van der Waals surface area contributed by atoms with Gasteiger partial charge in [-0.05, 0) is 30.0 Å². The third-order valence-corrected chi connectivity index (χ3v) is 4.46. The molecule has 1 N–H and O–H groups in total. The fraction of sp³-hybridized carbons (Fsp3) is 0.667. The van der Waals surface area contributed by atoms with E-state index in [1.165, 1.54) is 10.6 Å². The molecule has 1 unspecified atom stereocenters. The van der Waals surface area contributed by atoms with Crippen LogP contribution in [0.25, 0.3) is 0 Å². The van der Waals surface area contributed by atoms with Gasteiger partial charge >= 0.3 is 0 Å². The van der Waals surface area contributed by atoms with Gasteiger partial charge < -0.3 is 5.32 Å². The topological polar surface area (TPSA) is 24.9 Å². The summed E-state index contributed by atoms with van der Waals surface area (Å²) < 4.78 is 0. The Labute approximate surface area is 116 Å². The smallest absolute Gasteiger partial charge is 0.101 e. The van der Waals surface area contributed by atoms with Crippen molar-refractivity contribution >= 4 is 11.8 Å². The van der Waals surface area contributed by atoms with Crippen LogP contribution in [0.3, 0.4) is 0 Å². The molecule has 1 aromatic heterocycles. The quantitative estimate of drug-likeness (QED) is 0.756. The lowest BCUT2D eigenvalue weighted by atomic mass is 10.2. The number of nitrogens with zero attached hydrogens (tertiary/aromatic N) is 1. The molecule has 0 fully saturated rings. The van der Waals surface area contributed by atoms with Crippen LogP contribution in [0, 0.1) is 11.8 Å². The van der Waals surface area contributed by atoms with Gasteiger partial charge in [0.2, 0.25) is 0 Å². The van der Waals surface area contributed by atoms with Crippen LogP contribution in [0.15, 0.2) is 23.4 Å². The minimum atomic E-state index is 0.601. The zero-order valence-electron chi connectivity index (χ0n) is 12.2. The maximum absolute atomic E-state index is 4.52. The van der Waals surface area contributed by atoms with Gasteiger partial charge in [0, 0.05) is 18.0 Å². The minimum Gasteiger partial charge on any atom is -0.312 e. The number of pyridine rings is 1. The summed E-state index contributed by atoms with van der Waals surface area (Å²) in [6.45, 7) is 13.2. The van der Waals surface area contributed by atoms with Crippen molar-refractivity contribution in [1.29, 1.82) is 0 Å². The molecule has 0 aliphatic carbocycles. The second-order valence-corrected chi connectivity index (χ2v) is 6.93. The highest BCUT2D eigenvalue weighted by Crippen LogP contribution is 2.28. The highest BCUT2D eigenvalue weighted by atomic mass is 32.2. The van der Waals surface area contributed by atoms with E-state index in [2.05, 4.69) is 51.0 Å². The maximum atomic E-state index is 4.52. The molecular weight excluding hydrogens is 240 g/mol. The first-order valence-electron chi connectivity index (χ1n) is 6.82.